The van der Waals surface area contributed by atoms with Gasteiger partial charge in [-0.05, 0) is 33.6 Å². The molecule has 0 spiro atoms. The minimum atomic E-state index is 0. The highest BCUT2D eigenvalue weighted by Gasteiger charge is 2.19. The fraction of sp³-hybridized carbons (Fsp3) is 1.00. The highest BCUT2D eigenvalue weighted by Crippen LogP contribution is 2.13. The maximum atomic E-state index is 2.34. The Hall–Kier alpha value is 0.250. The molecule has 0 aliphatic heterocycles. The van der Waals surface area contributed by atoms with Crippen LogP contribution >= 0.6 is 0 Å². The molecule has 0 aliphatic rings. The third kappa shape index (κ3) is 20.4. The number of halogens is 1. The largest absolute Gasteiger partial charge is 1.00 e. The molecule has 0 fully saturated rings. The Morgan fingerprint density at radius 2 is 0.800 bits per heavy atom. The number of rotatable bonds is 17. The summed E-state index contributed by atoms with van der Waals surface area (Å²) in [7, 11) is 2.34. The van der Waals surface area contributed by atoms with Crippen molar-refractivity contribution in [1.29, 1.82) is 0 Å². The molecule has 0 saturated heterocycles. The minimum Gasteiger partial charge on any atom is -1.00 e. The molecule has 0 aromatic carbocycles. The van der Waals surface area contributed by atoms with Crippen molar-refractivity contribution in [3.05, 3.63) is 0 Å². The number of unbranched alkanes of at least 4 members (excludes halogenated alkanes) is 15. The van der Waals surface area contributed by atoms with Gasteiger partial charge in [0.1, 0.15) is 0 Å². The third-order valence-electron chi connectivity index (χ3n) is 5.69. The lowest BCUT2D eigenvalue weighted by molar-refractivity contribution is -0.928. The summed E-state index contributed by atoms with van der Waals surface area (Å²) >= 11 is 0. The van der Waals surface area contributed by atoms with Gasteiger partial charge in [-0.1, -0.05) is 96.8 Å². The van der Waals surface area contributed by atoms with Gasteiger partial charge in [-0.3, -0.25) is 0 Å². The van der Waals surface area contributed by atoms with Crippen molar-refractivity contribution in [1.82, 2.24) is 0 Å². The Kier molecular flexibility index (Phi) is 20.9. The van der Waals surface area contributed by atoms with E-state index < -0.39 is 0 Å². The van der Waals surface area contributed by atoms with Crippen molar-refractivity contribution >= 4 is 0 Å². The second kappa shape index (κ2) is 19.0. The van der Waals surface area contributed by atoms with Crippen LogP contribution in [0.25, 0.3) is 0 Å². The average Bonchev–Trinajstić information content (AvgIpc) is 2.53. The molecule has 0 aromatic rings. The topological polar surface area (TPSA) is 4.44 Å². The second-order valence-corrected chi connectivity index (χ2v) is 9.08. The first-order valence-electron chi connectivity index (χ1n) is 11.3. The van der Waals surface area contributed by atoms with E-state index in [4.69, 9.17) is 0 Å². The van der Waals surface area contributed by atoms with Crippen LogP contribution in [0.5, 0.6) is 0 Å². The van der Waals surface area contributed by atoms with Crippen LogP contribution in [0.4, 0.5) is 0 Å². The smallest absolute Gasteiger partial charge is 0.0889 e. The van der Waals surface area contributed by atoms with Crippen LogP contribution in [-0.4, -0.2) is 19.1 Å². The molecule has 0 heterocycles. The van der Waals surface area contributed by atoms with Gasteiger partial charge in [-0.25, -0.2) is 0 Å². The average molecular weight is 376 g/mol. The van der Waals surface area contributed by atoms with Gasteiger partial charge in [0.15, 0.2) is 0 Å². The lowest BCUT2D eigenvalue weighted by Crippen LogP contribution is -3.16. The molecule has 0 amide bonds. The number of hydrogen-bond acceptors (Lipinski definition) is 0. The summed E-state index contributed by atoms with van der Waals surface area (Å²) in [5, 5.41) is 0. The Morgan fingerprint density at radius 3 is 1.08 bits per heavy atom. The zero-order valence-electron chi connectivity index (χ0n) is 18.4. The first-order chi connectivity index (χ1) is 11.5. The third-order valence-corrected chi connectivity index (χ3v) is 5.69. The lowest BCUT2D eigenvalue weighted by atomic mass is 10.0. The van der Waals surface area contributed by atoms with E-state index in [1.54, 1.807) is 4.90 Å². The van der Waals surface area contributed by atoms with E-state index in [9.17, 15) is 0 Å². The van der Waals surface area contributed by atoms with Gasteiger partial charge in [-0.15, -0.1) is 0 Å². The molecule has 0 bridgehead atoms. The molecule has 0 radical (unpaired) electrons. The predicted octanol–water partition coefficient (Wildman–Crippen LogP) is 3.57. The summed E-state index contributed by atoms with van der Waals surface area (Å²) in [4.78, 5) is 1.67. The molecular weight excluding hydrogens is 326 g/mol. The quantitative estimate of drug-likeness (QED) is 0.371. The summed E-state index contributed by atoms with van der Waals surface area (Å²) in [5.41, 5.74) is 0.412. The number of quaternary nitrogens is 1. The molecule has 0 aliphatic carbocycles. The van der Waals surface area contributed by atoms with E-state index in [0.29, 0.717) is 5.54 Å². The molecule has 2 heteroatoms. The summed E-state index contributed by atoms with van der Waals surface area (Å²) in [6.45, 7) is 10.7. The van der Waals surface area contributed by atoms with E-state index >= 15 is 0 Å². The van der Waals surface area contributed by atoms with E-state index in [0.717, 1.165) is 0 Å². The molecular formula is C23H50ClN. The lowest BCUT2D eigenvalue weighted by Gasteiger charge is -2.28. The Morgan fingerprint density at radius 1 is 0.520 bits per heavy atom. The summed E-state index contributed by atoms with van der Waals surface area (Å²) < 4.78 is 0. The first kappa shape index (κ1) is 27.5. The molecule has 0 rings (SSSR count). The minimum absolute atomic E-state index is 0. The van der Waals surface area contributed by atoms with E-state index in [1.807, 2.05) is 0 Å². The molecule has 154 valence electrons. The number of hydrogen-bond donors (Lipinski definition) is 1. The SMILES string of the molecule is CCCCCCCCCCCCCCCCCC[NH+](C)C(C)(C)C.[Cl-]. The van der Waals surface area contributed by atoms with Crippen LogP contribution in [0.15, 0.2) is 0 Å². The highest BCUT2D eigenvalue weighted by atomic mass is 35.5. The second-order valence-electron chi connectivity index (χ2n) is 9.08. The van der Waals surface area contributed by atoms with Gasteiger partial charge in [0.25, 0.3) is 0 Å². The van der Waals surface area contributed by atoms with Crippen LogP contribution in [0.2, 0.25) is 0 Å². The molecule has 1 nitrogen and oxygen atoms in total. The van der Waals surface area contributed by atoms with Crippen LogP contribution in [-0.2, 0) is 0 Å². The van der Waals surface area contributed by atoms with Gasteiger partial charge >= 0.3 is 0 Å². The normalized spacial score (nSPS) is 12.8. The Bertz CT molecular complexity index is 247. The van der Waals surface area contributed by atoms with Gasteiger partial charge in [0.2, 0.25) is 0 Å². The predicted molar refractivity (Wildman–Crippen MR) is 111 cm³/mol. The van der Waals surface area contributed by atoms with Gasteiger partial charge in [0.05, 0.1) is 19.1 Å². The molecule has 1 atom stereocenters. The summed E-state index contributed by atoms with van der Waals surface area (Å²) in [5.74, 6) is 0. The standard InChI is InChI=1S/C23H49N.ClH/c1-6-7-8-9-10-11-12-13-14-15-16-17-18-19-20-21-22-24(5)23(2,3)4;/h6-22H2,1-5H3;1H. The summed E-state index contributed by atoms with van der Waals surface area (Å²) in [6.07, 6.45) is 23.3. The highest BCUT2D eigenvalue weighted by molar-refractivity contribution is 4.55. The fourth-order valence-corrected chi connectivity index (χ4v) is 3.31. The Balaban J connectivity index is 0. The summed E-state index contributed by atoms with van der Waals surface area (Å²) in [6, 6.07) is 0. The molecule has 0 aromatic heterocycles. The molecule has 1 N–H and O–H groups in total. The van der Waals surface area contributed by atoms with E-state index in [-0.39, 0.29) is 12.4 Å². The van der Waals surface area contributed by atoms with Crippen LogP contribution < -0.4 is 17.3 Å². The van der Waals surface area contributed by atoms with Crippen molar-refractivity contribution in [3.8, 4) is 0 Å². The van der Waals surface area contributed by atoms with Crippen LogP contribution in [0.3, 0.4) is 0 Å². The van der Waals surface area contributed by atoms with Crippen LogP contribution in [0.1, 0.15) is 130 Å². The fourth-order valence-electron chi connectivity index (χ4n) is 3.31. The van der Waals surface area contributed by atoms with Crippen LogP contribution in [0, 0.1) is 0 Å². The van der Waals surface area contributed by atoms with Gasteiger partial charge < -0.3 is 17.3 Å². The molecule has 25 heavy (non-hydrogen) atoms. The Labute approximate surface area is 167 Å². The van der Waals surface area contributed by atoms with Crippen molar-refractivity contribution < 1.29 is 17.3 Å². The number of nitrogens with one attached hydrogen (secondary N) is 1. The molecule has 0 saturated carbocycles. The van der Waals surface area contributed by atoms with E-state index in [1.165, 1.54) is 109 Å². The zero-order valence-corrected chi connectivity index (χ0v) is 19.2. The zero-order chi connectivity index (χ0) is 18.1. The van der Waals surface area contributed by atoms with Gasteiger partial charge in [0, 0.05) is 0 Å². The first-order valence-corrected chi connectivity index (χ1v) is 11.3. The maximum Gasteiger partial charge on any atom is 0.0889 e. The van der Waals surface area contributed by atoms with Crippen molar-refractivity contribution in [3.63, 3.8) is 0 Å². The van der Waals surface area contributed by atoms with E-state index in [2.05, 4.69) is 34.7 Å². The van der Waals surface area contributed by atoms with Crippen molar-refractivity contribution in [2.24, 2.45) is 0 Å². The monoisotopic (exact) mass is 375 g/mol. The van der Waals surface area contributed by atoms with Crippen molar-refractivity contribution in [2.45, 2.75) is 136 Å². The van der Waals surface area contributed by atoms with Gasteiger partial charge in [-0.2, -0.15) is 0 Å². The molecule has 1 unspecified atom stereocenters. The maximum absolute atomic E-state index is 2.34. The van der Waals surface area contributed by atoms with Crippen molar-refractivity contribution in [2.75, 3.05) is 13.6 Å².